The lowest BCUT2D eigenvalue weighted by molar-refractivity contribution is 0.00515. The van der Waals surface area contributed by atoms with Gasteiger partial charge >= 0.3 is 0 Å². The molecule has 1 aliphatic heterocycles. The summed E-state index contributed by atoms with van der Waals surface area (Å²) in [6.07, 6.45) is 4.70. The number of nitrogens with zero attached hydrogens (tertiary/aromatic N) is 1. The summed E-state index contributed by atoms with van der Waals surface area (Å²) in [7, 11) is 0. The normalized spacial score (nSPS) is 15.7. The van der Waals surface area contributed by atoms with Crippen molar-refractivity contribution in [1.29, 1.82) is 0 Å². The van der Waals surface area contributed by atoms with Gasteiger partial charge in [-0.25, -0.2) is 0 Å². The number of nitrogens with one attached hydrogen (secondary N) is 1. The van der Waals surface area contributed by atoms with Crippen LogP contribution in [0.15, 0.2) is 47.1 Å². The average Bonchev–Trinajstić information content (AvgIpc) is 3.19. The van der Waals surface area contributed by atoms with Gasteiger partial charge in [0.25, 0.3) is 5.91 Å². The predicted molar refractivity (Wildman–Crippen MR) is 104 cm³/mol. The van der Waals surface area contributed by atoms with Gasteiger partial charge < -0.3 is 20.2 Å². The molecule has 6 heteroatoms. The molecule has 1 aromatic heterocycles. The molecule has 0 spiro atoms. The van der Waals surface area contributed by atoms with Crippen molar-refractivity contribution >= 4 is 5.91 Å². The van der Waals surface area contributed by atoms with Gasteiger partial charge in [-0.05, 0) is 30.9 Å². The van der Waals surface area contributed by atoms with Crippen molar-refractivity contribution < 1.29 is 13.9 Å². The average molecular weight is 371 g/mol. The number of hydrogen-bond acceptors (Lipinski definition) is 5. The molecule has 1 aromatic carbocycles. The van der Waals surface area contributed by atoms with Gasteiger partial charge in [-0.2, -0.15) is 0 Å². The highest BCUT2D eigenvalue weighted by atomic mass is 16.5. The minimum atomic E-state index is -0.132. The fourth-order valence-electron chi connectivity index (χ4n) is 3.31. The molecule has 2 heterocycles. The Morgan fingerprint density at radius 3 is 2.74 bits per heavy atom. The van der Waals surface area contributed by atoms with E-state index < -0.39 is 0 Å². The Kier molecular flexibility index (Phi) is 7.45. The topological polar surface area (TPSA) is 80.7 Å². The molecule has 3 rings (SSSR count). The van der Waals surface area contributed by atoms with E-state index in [-0.39, 0.29) is 5.91 Å². The molecule has 0 radical (unpaired) electrons. The molecule has 2 aromatic rings. The zero-order valence-electron chi connectivity index (χ0n) is 15.7. The van der Waals surface area contributed by atoms with Crippen LogP contribution in [0, 0.1) is 0 Å². The lowest BCUT2D eigenvalue weighted by atomic mass is 10.1. The SMILES string of the molecule is NCc1cc(C(=O)NCCCOC2CCN(Cc3ccccc3)CC2)co1. The molecule has 1 aliphatic rings. The second-order valence-corrected chi connectivity index (χ2v) is 6.95. The summed E-state index contributed by atoms with van der Waals surface area (Å²) in [5.74, 6) is 0.481. The van der Waals surface area contributed by atoms with E-state index in [0.717, 1.165) is 38.9 Å². The van der Waals surface area contributed by atoms with E-state index in [9.17, 15) is 4.79 Å². The maximum atomic E-state index is 12.0. The smallest absolute Gasteiger partial charge is 0.254 e. The highest BCUT2D eigenvalue weighted by Gasteiger charge is 2.19. The standard InChI is InChI=1S/C21H29N3O3/c22-14-20-13-18(16-27-20)21(25)23-9-4-12-26-19-7-10-24(11-8-19)15-17-5-2-1-3-6-17/h1-3,5-6,13,16,19H,4,7-12,14-15,22H2,(H,23,25). The summed E-state index contributed by atoms with van der Waals surface area (Å²) >= 11 is 0. The Balaban J connectivity index is 1.25. The minimum absolute atomic E-state index is 0.132. The van der Waals surface area contributed by atoms with Crippen molar-refractivity contribution in [3.05, 3.63) is 59.5 Å². The molecule has 3 N–H and O–H groups in total. The van der Waals surface area contributed by atoms with Gasteiger partial charge in [0.05, 0.1) is 18.2 Å². The van der Waals surface area contributed by atoms with E-state index >= 15 is 0 Å². The zero-order valence-corrected chi connectivity index (χ0v) is 15.7. The van der Waals surface area contributed by atoms with E-state index in [1.165, 1.54) is 11.8 Å². The molecule has 1 fully saturated rings. The van der Waals surface area contributed by atoms with Crippen molar-refractivity contribution in [2.45, 2.75) is 38.5 Å². The second-order valence-electron chi connectivity index (χ2n) is 6.95. The van der Waals surface area contributed by atoms with Crippen LogP contribution in [0.1, 0.15) is 40.9 Å². The van der Waals surface area contributed by atoms with Crippen LogP contribution in [0.5, 0.6) is 0 Å². The zero-order chi connectivity index (χ0) is 18.9. The first-order valence-corrected chi connectivity index (χ1v) is 9.68. The van der Waals surface area contributed by atoms with E-state index in [2.05, 4.69) is 40.5 Å². The molecule has 1 saturated heterocycles. The van der Waals surface area contributed by atoms with Gasteiger partial charge in [0, 0.05) is 32.8 Å². The van der Waals surface area contributed by atoms with Gasteiger partial charge in [-0.3, -0.25) is 9.69 Å². The molecule has 0 unspecified atom stereocenters. The van der Waals surface area contributed by atoms with Crippen LogP contribution in [0.3, 0.4) is 0 Å². The number of piperidine rings is 1. The third kappa shape index (κ3) is 6.20. The molecule has 27 heavy (non-hydrogen) atoms. The first-order chi connectivity index (χ1) is 13.2. The van der Waals surface area contributed by atoms with Crippen LogP contribution in [-0.2, 0) is 17.8 Å². The Morgan fingerprint density at radius 2 is 2.04 bits per heavy atom. The summed E-state index contributed by atoms with van der Waals surface area (Å²) in [6.45, 7) is 4.71. The number of hydrogen-bond donors (Lipinski definition) is 2. The van der Waals surface area contributed by atoms with Crippen LogP contribution in [0.2, 0.25) is 0 Å². The number of benzene rings is 1. The van der Waals surface area contributed by atoms with E-state index in [1.54, 1.807) is 6.07 Å². The molecule has 0 atom stereocenters. The Labute approximate surface area is 160 Å². The van der Waals surface area contributed by atoms with E-state index in [0.29, 0.717) is 37.1 Å². The van der Waals surface area contributed by atoms with Crippen molar-refractivity contribution in [3.8, 4) is 0 Å². The number of carbonyl (C=O) groups excluding carboxylic acids is 1. The largest absolute Gasteiger partial charge is 0.467 e. The highest BCUT2D eigenvalue weighted by molar-refractivity contribution is 5.93. The van der Waals surface area contributed by atoms with Gasteiger partial charge in [-0.1, -0.05) is 30.3 Å². The van der Waals surface area contributed by atoms with E-state index in [1.807, 2.05) is 0 Å². The van der Waals surface area contributed by atoms with Crippen LogP contribution in [-0.4, -0.2) is 43.2 Å². The second kappa shape index (κ2) is 10.3. The molecule has 6 nitrogen and oxygen atoms in total. The Bertz CT molecular complexity index is 694. The maximum absolute atomic E-state index is 12.0. The Hall–Kier alpha value is -2.15. The maximum Gasteiger partial charge on any atom is 0.254 e. The quantitative estimate of drug-likeness (QED) is 0.662. The summed E-state index contributed by atoms with van der Waals surface area (Å²) in [5, 5.41) is 2.88. The third-order valence-electron chi connectivity index (χ3n) is 4.86. The number of furan rings is 1. The summed E-state index contributed by atoms with van der Waals surface area (Å²) in [4.78, 5) is 14.4. The predicted octanol–water partition coefficient (Wildman–Crippen LogP) is 2.54. The molecule has 0 aliphatic carbocycles. The Morgan fingerprint density at radius 1 is 1.26 bits per heavy atom. The summed E-state index contributed by atoms with van der Waals surface area (Å²) in [5.41, 5.74) is 7.36. The lowest BCUT2D eigenvalue weighted by Gasteiger charge is -2.32. The number of ether oxygens (including phenoxy) is 1. The van der Waals surface area contributed by atoms with Gasteiger partial charge in [-0.15, -0.1) is 0 Å². The molecule has 1 amide bonds. The van der Waals surface area contributed by atoms with Crippen molar-refractivity contribution in [3.63, 3.8) is 0 Å². The highest BCUT2D eigenvalue weighted by Crippen LogP contribution is 2.16. The van der Waals surface area contributed by atoms with Crippen LogP contribution < -0.4 is 11.1 Å². The van der Waals surface area contributed by atoms with Crippen LogP contribution >= 0.6 is 0 Å². The van der Waals surface area contributed by atoms with Gasteiger partial charge in [0.1, 0.15) is 12.0 Å². The van der Waals surface area contributed by atoms with E-state index in [4.69, 9.17) is 14.9 Å². The van der Waals surface area contributed by atoms with Gasteiger partial charge in [0.15, 0.2) is 0 Å². The molecular weight excluding hydrogens is 342 g/mol. The van der Waals surface area contributed by atoms with Crippen LogP contribution in [0.25, 0.3) is 0 Å². The molecule has 146 valence electrons. The van der Waals surface area contributed by atoms with Crippen molar-refractivity contribution in [2.75, 3.05) is 26.2 Å². The van der Waals surface area contributed by atoms with Gasteiger partial charge in [0.2, 0.25) is 0 Å². The minimum Gasteiger partial charge on any atom is -0.467 e. The molecular formula is C21H29N3O3. The third-order valence-corrected chi connectivity index (χ3v) is 4.86. The number of amides is 1. The number of nitrogens with two attached hydrogens (primary N) is 1. The fourth-order valence-corrected chi connectivity index (χ4v) is 3.31. The number of rotatable bonds is 9. The summed E-state index contributed by atoms with van der Waals surface area (Å²) < 4.78 is 11.2. The lowest BCUT2D eigenvalue weighted by Crippen LogP contribution is -2.36. The monoisotopic (exact) mass is 371 g/mol. The summed E-state index contributed by atoms with van der Waals surface area (Å²) in [6, 6.07) is 12.3. The first-order valence-electron chi connectivity index (χ1n) is 9.68. The number of carbonyl (C=O) groups is 1. The number of likely N-dealkylation sites (tertiary alicyclic amines) is 1. The molecule has 0 bridgehead atoms. The van der Waals surface area contributed by atoms with Crippen LogP contribution in [0.4, 0.5) is 0 Å². The van der Waals surface area contributed by atoms with Crippen molar-refractivity contribution in [2.24, 2.45) is 5.73 Å². The molecule has 0 saturated carbocycles. The fraction of sp³-hybridized carbons (Fsp3) is 0.476. The first kappa shape index (κ1) is 19.6. The van der Waals surface area contributed by atoms with Crippen molar-refractivity contribution in [1.82, 2.24) is 10.2 Å².